The Hall–Kier alpha value is -2.02. The van der Waals surface area contributed by atoms with Gasteiger partial charge in [0.05, 0.1) is 12.1 Å². The molecule has 1 aliphatic carbocycles. The molecule has 18 heavy (non-hydrogen) atoms. The van der Waals surface area contributed by atoms with Crippen LogP contribution in [0, 0.1) is 0 Å². The number of amides is 2. The lowest BCUT2D eigenvalue weighted by Gasteiger charge is -2.22. The maximum atomic E-state index is 11.3. The molecule has 5 N–H and O–H groups in total. The molecule has 3 rings (SSSR count). The first-order chi connectivity index (χ1) is 8.58. The van der Waals surface area contributed by atoms with Gasteiger partial charge in [0.2, 0.25) is 0 Å². The first-order valence-electron chi connectivity index (χ1n) is 5.77. The van der Waals surface area contributed by atoms with Crippen LogP contribution in [0.5, 0.6) is 0 Å². The topological polar surface area (TPSA) is 112 Å². The third kappa shape index (κ3) is 1.47. The Morgan fingerprint density at radius 1 is 1.56 bits per heavy atom. The molecule has 4 atom stereocenters. The minimum atomic E-state index is -0.491. The number of ether oxygens (including phenoxy) is 1. The van der Waals surface area contributed by atoms with E-state index in [2.05, 4.69) is 5.32 Å². The van der Waals surface area contributed by atoms with Gasteiger partial charge in [0, 0.05) is 18.7 Å². The van der Waals surface area contributed by atoms with Crippen LogP contribution in [0.15, 0.2) is 18.3 Å². The van der Waals surface area contributed by atoms with Crippen molar-refractivity contribution in [3.63, 3.8) is 0 Å². The molecule has 0 radical (unpaired) electrons. The van der Waals surface area contributed by atoms with E-state index in [1.165, 1.54) is 0 Å². The predicted molar refractivity (Wildman–Crippen MR) is 61.8 cm³/mol. The van der Waals surface area contributed by atoms with Gasteiger partial charge in [-0.05, 0) is 12.1 Å². The minimum absolute atomic E-state index is 0.0990. The average molecular weight is 250 g/mol. The summed E-state index contributed by atoms with van der Waals surface area (Å²) in [5.41, 5.74) is 11.8. The Morgan fingerprint density at radius 3 is 3.00 bits per heavy atom. The van der Waals surface area contributed by atoms with E-state index in [4.69, 9.17) is 16.2 Å². The number of nitrogens with one attached hydrogen (secondary N) is 1. The summed E-state index contributed by atoms with van der Waals surface area (Å²) in [6.07, 6.45) is 1.69. The fourth-order valence-electron chi connectivity index (χ4n) is 2.84. The van der Waals surface area contributed by atoms with Crippen molar-refractivity contribution < 1.29 is 14.3 Å². The summed E-state index contributed by atoms with van der Waals surface area (Å²) in [7, 11) is 0. The van der Waals surface area contributed by atoms with E-state index in [1.54, 1.807) is 22.9 Å². The van der Waals surface area contributed by atoms with Crippen molar-refractivity contribution >= 4 is 12.0 Å². The number of rotatable bonds is 2. The summed E-state index contributed by atoms with van der Waals surface area (Å²) in [6, 6.07) is 2.80. The van der Waals surface area contributed by atoms with Crippen molar-refractivity contribution in [3.05, 3.63) is 24.0 Å². The van der Waals surface area contributed by atoms with E-state index in [9.17, 15) is 9.59 Å². The fourth-order valence-corrected chi connectivity index (χ4v) is 2.84. The summed E-state index contributed by atoms with van der Waals surface area (Å²) < 4.78 is 6.89. The zero-order valence-electron chi connectivity index (χ0n) is 9.58. The zero-order valence-corrected chi connectivity index (χ0v) is 9.58. The molecule has 1 aliphatic heterocycles. The van der Waals surface area contributed by atoms with E-state index in [-0.39, 0.29) is 24.2 Å². The smallest absolute Gasteiger partial charge is 0.407 e. The van der Waals surface area contributed by atoms with Gasteiger partial charge < -0.3 is 26.1 Å². The monoisotopic (exact) mass is 250 g/mol. The molecule has 7 heteroatoms. The van der Waals surface area contributed by atoms with Gasteiger partial charge in [-0.25, -0.2) is 4.79 Å². The maximum absolute atomic E-state index is 11.3. The summed E-state index contributed by atoms with van der Waals surface area (Å²) in [4.78, 5) is 22.4. The van der Waals surface area contributed by atoms with Crippen LogP contribution in [0.1, 0.15) is 23.0 Å². The van der Waals surface area contributed by atoms with Crippen molar-refractivity contribution in [2.45, 2.75) is 30.7 Å². The van der Waals surface area contributed by atoms with Crippen LogP contribution in [0.2, 0.25) is 0 Å². The highest BCUT2D eigenvalue weighted by atomic mass is 16.6. The fraction of sp³-hybridized carbons (Fsp3) is 0.455. The standard InChI is InChI=1S/C11H14N4O3/c12-8-6(4-7-9(8)14-11(17)18-7)15-3-1-2-5(15)10(13)16/h1-3,6-9H,4,12H2,(H2,13,16)(H,14,17)/t6-,7-,8-,9-/m1/s1. The largest absolute Gasteiger partial charge is 0.444 e. The van der Waals surface area contributed by atoms with Crippen LogP contribution < -0.4 is 16.8 Å². The molecule has 0 bridgehead atoms. The molecule has 1 aromatic heterocycles. The number of hydrogen-bond acceptors (Lipinski definition) is 4. The molecule has 2 amide bonds. The molecule has 96 valence electrons. The van der Waals surface area contributed by atoms with Gasteiger partial charge in [-0.1, -0.05) is 0 Å². The van der Waals surface area contributed by atoms with Crippen LogP contribution in [0.4, 0.5) is 4.79 Å². The van der Waals surface area contributed by atoms with Crippen molar-refractivity contribution in [2.75, 3.05) is 0 Å². The van der Waals surface area contributed by atoms with Crippen LogP contribution in [0.25, 0.3) is 0 Å². The Morgan fingerprint density at radius 2 is 2.33 bits per heavy atom. The first-order valence-corrected chi connectivity index (χ1v) is 5.77. The van der Waals surface area contributed by atoms with Crippen LogP contribution in [-0.2, 0) is 4.74 Å². The molecule has 2 fully saturated rings. The number of nitrogens with two attached hydrogens (primary N) is 2. The molecule has 7 nitrogen and oxygen atoms in total. The van der Waals surface area contributed by atoms with Gasteiger partial charge >= 0.3 is 6.09 Å². The summed E-state index contributed by atoms with van der Waals surface area (Å²) in [5, 5.41) is 2.69. The van der Waals surface area contributed by atoms with E-state index in [0.717, 1.165) is 0 Å². The van der Waals surface area contributed by atoms with E-state index < -0.39 is 12.0 Å². The summed E-state index contributed by atoms with van der Waals surface area (Å²) in [6.45, 7) is 0. The molecule has 1 saturated heterocycles. The van der Waals surface area contributed by atoms with Gasteiger partial charge in [-0.3, -0.25) is 4.79 Å². The third-order valence-corrected chi connectivity index (χ3v) is 3.66. The number of hydrogen-bond donors (Lipinski definition) is 3. The quantitative estimate of drug-likeness (QED) is 0.646. The first kappa shape index (κ1) is 11.1. The highest BCUT2D eigenvalue weighted by molar-refractivity contribution is 5.91. The van der Waals surface area contributed by atoms with Gasteiger partial charge in [0.1, 0.15) is 11.8 Å². The molecule has 2 aliphatic rings. The molecule has 1 saturated carbocycles. The zero-order chi connectivity index (χ0) is 12.9. The van der Waals surface area contributed by atoms with E-state index in [0.29, 0.717) is 12.1 Å². The summed E-state index contributed by atoms with van der Waals surface area (Å²) >= 11 is 0. The second-order valence-electron chi connectivity index (χ2n) is 4.66. The van der Waals surface area contributed by atoms with Crippen LogP contribution >= 0.6 is 0 Å². The minimum Gasteiger partial charge on any atom is -0.444 e. The predicted octanol–water partition coefficient (Wildman–Crippen LogP) is -0.664. The number of carbonyl (C=O) groups excluding carboxylic acids is 2. The second kappa shape index (κ2) is 3.74. The van der Waals surface area contributed by atoms with E-state index in [1.807, 2.05) is 0 Å². The number of primary amides is 1. The van der Waals surface area contributed by atoms with Crippen LogP contribution in [0.3, 0.4) is 0 Å². The molecule has 0 aromatic carbocycles. The van der Waals surface area contributed by atoms with Crippen molar-refractivity contribution in [1.82, 2.24) is 9.88 Å². The molecule has 1 aromatic rings. The molecule has 0 unspecified atom stereocenters. The van der Waals surface area contributed by atoms with Crippen molar-refractivity contribution in [1.29, 1.82) is 0 Å². The number of nitrogens with zero attached hydrogens (tertiary/aromatic N) is 1. The molecule has 2 heterocycles. The lowest BCUT2D eigenvalue weighted by atomic mass is 10.1. The molecular formula is C11H14N4O3. The average Bonchev–Trinajstić information content (AvgIpc) is 2.95. The molecule has 0 spiro atoms. The third-order valence-electron chi connectivity index (χ3n) is 3.66. The van der Waals surface area contributed by atoms with Gasteiger partial charge in [-0.15, -0.1) is 0 Å². The summed E-state index contributed by atoms with van der Waals surface area (Å²) in [5.74, 6) is -0.491. The number of carbonyl (C=O) groups is 2. The van der Waals surface area contributed by atoms with Crippen molar-refractivity contribution in [3.8, 4) is 0 Å². The Labute approximate surface area is 103 Å². The number of fused-ring (bicyclic) bond motifs is 1. The highest BCUT2D eigenvalue weighted by Crippen LogP contribution is 2.35. The van der Waals surface area contributed by atoms with Gasteiger partial charge in [0.15, 0.2) is 0 Å². The van der Waals surface area contributed by atoms with Crippen LogP contribution in [-0.4, -0.2) is 34.8 Å². The maximum Gasteiger partial charge on any atom is 0.407 e. The number of aromatic nitrogens is 1. The Kier molecular flexibility index (Phi) is 2.30. The van der Waals surface area contributed by atoms with Crippen molar-refractivity contribution in [2.24, 2.45) is 11.5 Å². The molecular weight excluding hydrogens is 236 g/mol. The highest BCUT2D eigenvalue weighted by Gasteiger charge is 2.49. The number of alkyl carbamates (subject to hydrolysis) is 1. The Balaban J connectivity index is 1.89. The van der Waals surface area contributed by atoms with E-state index >= 15 is 0 Å². The lowest BCUT2D eigenvalue weighted by molar-refractivity contribution is 0.0986. The SMILES string of the molecule is NC(=O)c1cccn1[C@@H]1C[C@H]2OC(=O)N[C@H]2[C@@H]1N. The lowest BCUT2D eigenvalue weighted by Crippen LogP contribution is -2.45. The van der Waals surface area contributed by atoms with Gasteiger partial charge in [-0.2, -0.15) is 0 Å². The second-order valence-corrected chi connectivity index (χ2v) is 4.66. The normalized spacial score (nSPS) is 33.9. The van der Waals surface area contributed by atoms with Gasteiger partial charge in [0.25, 0.3) is 5.91 Å². The Bertz CT molecular complexity index is 512.